The predicted octanol–water partition coefficient (Wildman–Crippen LogP) is 24.9. The largest absolute Gasteiger partial charge is 0.370 e. The van der Waals surface area contributed by atoms with E-state index in [4.69, 9.17) is 188 Å². The molecule has 0 amide bonds. The zero-order valence-corrected chi connectivity index (χ0v) is 80.1. The SMILES string of the molecule is C1CCNC1.C1CC[N+]2(C1)CCCC2.C1CC[N+]2(CC1)CCCCC2.CC[N+]1(C)CCCC1.CC[N+]1(C)CCCC1.CC[N+]1(C)CCOCC1.CC[N+]1(CC)CCCC1.CC[N+]1(CC)CCCC1.C[N+]1(C)CCCC1.C[N+]1(C)CCCC1.FF.FF.FF.FF.FF.FF.FF.FF.FF.FF.FF.FF.FF.FF.FF.FF.FF.FF.FF.FF.[B].[B].[B].[B].[B].[B].[B].[B].[B].[B]. The third kappa shape index (κ3) is 129. The maximum atomic E-state index is 8.00. The van der Waals surface area contributed by atoms with Crippen molar-refractivity contribution in [1.82, 2.24) is 5.32 Å². The summed E-state index contributed by atoms with van der Waals surface area (Å²) in [5.41, 5.74) is 0. The zero-order chi connectivity index (χ0) is 100. The Kier molecular flexibility index (Phi) is 269. The van der Waals surface area contributed by atoms with Gasteiger partial charge in [0.1, 0.15) is 13.1 Å². The molecule has 0 aromatic carbocycles. The smallest absolute Gasteiger partial charge is 0.102 e. The molecule has 0 atom stereocenters. The van der Waals surface area contributed by atoms with Gasteiger partial charge in [0.25, 0.3) is 0 Å². The lowest BCUT2D eigenvalue weighted by atomic mass is 10.0. The summed E-state index contributed by atoms with van der Waals surface area (Å²) in [5.74, 6) is 0. The number of rotatable bonds is 7. The number of nitrogens with one attached hydrogen (secondary N) is 1. The number of halogens is 40. The van der Waals surface area contributed by atoms with E-state index < -0.39 is 0 Å². The summed E-state index contributed by atoms with van der Waals surface area (Å²) >= 11 is 0. The standard InChI is InChI=1S/C10H20N.C8H16N.2C8H18N.C7H16NO.2C7H16N.2C6H14N.C4H9N.10B.20F2/c1-3-7-11(8-4-1)9-5-2-6-10-11;1-2-6-9(5-1)7-3-4-8-9;2*1-3-9(4-2)7-5-6-8-9;1-3-8(2)4-6-9-7-5-8;2*1-3-8(2)6-4-5-7-8;2*1-7(2)5-3-4-6-7;1-2-4-5-3-1;;;;;;;;;;;20*1-2/h1-10H2;1-8H2;2*3-8H2,1-2H3;3-7H2,1-2H3;2*3-7H2,1-2H3;2*3-6H2,1-2H3;5H,1-4H2;;;;;;;;;;;;;;;;;;;;;;;;;;;;;;/q9*+1;;;;;;;;;;;;;;;;;;;;;;;;;;;;;;;. The van der Waals surface area contributed by atoms with Gasteiger partial charge in [0.2, 0.25) is 0 Å². The second kappa shape index (κ2) is 171. The maximum Gasteiger partial charge on any atom is 0.102 e. The fraction of sp³-hybridized carbons (Fsp3) is 1.00. The zero-order valence-electron chi connectivity index (χ0n) is 80.1. The summed E-state index contributed by atoms with van der Waals surface area (Å²) in [6.07, 6.45) is 35.2. The van der Waals surface area contributed by atoms with Crippen LogP contribution in [0.2, 0.25) is 0 Å². The van der Waals surface area contributed by atoms with Gasteiger partial charge in [0, 0.05) is 370 Å². The fourth-order valence-corrected chi connectivity index (χ4v) is 15.9. The second-order valence-electron chi connectivity index (χ2n) is 31.1. The van der Waals surface area contributed by atoms with Crippen LogP contribution in [0, 0.1) is 0 Å². The average molecular weight is 2040 g/mol. The minimum Gasteiger partial charge on any atom is -0.370 e. The molecule has 798 valence electrons. The van der Waals surface area contributed by atoms with Crippen molar-refractivity contribution in [3.05, 3.63) is 0 Å². The van der Waals surface area contributed by atoms with Crippen LogP contribution in [0.15, 0.2) is 0 Å². The summed E-state index contributed by atoms with van der Waals surface area (Å²) in [6.45, 7) is 61.1. The van der Waals surface area contributed by atoms with E-state index in [2.05, 4.69) is 103 Å². The van der Waals surface area contributed by atoms with Crippen molar-refractivity contribution < 1.29 is 228 Å². The molecule has 2 spiro atoms. The molecule has 12 heterocycles. The lowest BCUT2D eigenvalue weighted by Gasteiger charge is -2.44. The molecule has 132 heavy (non-hydrogen) atoms. The Labute approximate surface area is 783 Å². The number of hydrogen-bond acceptors (Lipinski definition) is 2. The topological polar surface area (TPSA) is 21.3 Å². The van der Waals surface area contributed by atoms with E-state index >= 15 is 0 Å². The number of nitrogens with zero attached hydrogens (tertiary/aromatic N) is 9. The molecule has 0 saturated carbocycles. The number of likely N-dealkylation sites (N-methyl/N-ethyl adjacent to an activating group) is 1. The van der Waals surface area contributed by atoms with Crippen LogP contribution in [0.25, 0.3) is 0 Å². The summed E-state index contributed by atoms with van der Waals surface area (Å²) in [6, 6.07) is 0. The molecule has 0 aliphatic carbocycles. The summed E-state index contributed by atoms with van der Waals surface area (Å²) < 4.78 is 337. The first kappa shape index (κ1) is 207. The van der Waals surface area contributed by atoms with Crippen LogP contribution in [0.3, 0.4) is 0 Å². The number of morpholine rings is 1. The fourth-order valence-electron chi connectivity index (χ4n) is 15.9. The van der Waals surface area contributed by atoms with Gasteiger partial charge in [-0.25, -0.2) is 0 Å². The highest BCUT2D eigenvalue weighted by molar-refractivity contribution is 5.76. The first-order valence-electron chi connectivity index (χ1n) is 39.9. The molecule has 0 unspecified atom stereocenters. The minimum absolute atomic E-state index is 0. The molecule has 61 heteroatoms. The van der Waals surface area contributed by atoms with Gasteiger partial charge in [0.05, 0.1) is 239 Å². The van der Waals surface area contributed by atoms with E-state index in [1.165, 1.54) is 397 Å². The maximum absolute atomic E-state index is 8.00. The number of ether oxygens (including phenoxy) is 1. The number of hydrogen-bond donors (Lipinski definition) is 1. The molecular formula is C71H157B10F40N10O+9. The normalized spacial score (nSPS) is 17.9. The van der Waals surface area contributed by atoms with E-state index in [1.54, 1.807) is 0 Å². The first-order valence-corrected chi connectivity index (χ1v) is 39.9. The molecule has 12 saturated heterocycles. The van der Waals surface area contributed by atoms with E-state index in [1.807, 2.05) is 0 Å². The Bertz CT molecular complexity index is 1510. The van der Waals surface area contributed by atoms with Crippen molar-refractivity contribution in [3.8, 4) is 0 Å². The van der Waals surface area contributed by atoms with Gasteiger partial charge in [0.15, 0.2) is 0 Å². The van der Waals surface area contributed by atoms with Crippen molar-refractivity contribution in [2.75, 3.05) is 265 Å². The average Bonchev–Trinajstić information content (AvgIpc) is 1.81. The van der Waals surface area contributed by atoms with Crippen LogP contribution in [0.1, 0.15) is 203 Å². The quantitative estimate of drug-likeness (QED) is 0.156. The lowest BCUT2D eigenvalue weighted by Crippen LogP contribution is -2.54. The van der Waals surface area contributed by atoms with Gasteiger partial charge in [-0.2, -0.15) is 0 Å². The predicted molar refractivity (Wildman–Crippen MR) is 461 cm³/mol. The Morgan fingerprint density at radius 3 is 0.409 bits per heavy atom. The molecule has 12 rings (SSSR count). The van der Waals surface area contributed by atoms with E-state index in [0.717, 1.165) is 13.2 Å². The van der Waals surface area contributed by atoms with Gasteiger partial charge >= 0.3 is 0 Å². The van der Waals surface area contributed by atoms with Crippen molar-refractivity contribution in [2.45, 2.75) is 203 Å². The van der Waals surface area contributed by atoms with Crippen LogP contribution >= 0.6 is 0 Å². The van der Waals surface area contributed by atoms with E-state index in [9.17, 15) is 0 Å². The van der Waals surface area contributed by atoms with Gasteiger partial charge in [-0.15, -0.1) is 0 Å². The highest BCUT2D eigenvalue weighted by Gasteiger charge is 2.35. The summed E-state index contributed by atoms with van der Waals surface area (Å²) in [7, 11) is 16.2. The highest BCUT2D eigenvalue weighted by atomic mass is 20.0. The van der Waals surface area contributed by atoms with Crippen LogP contribution in [-0.4, -0.2) is 390 Å². The van der Waals surface area contributed by atoms with Gasteiger partial charge in [-0.05, 0) is 113 Å². The molecule has 0 aromatic heterocycles. The first-order chi connectivity index (χ1) is 59.2. The molecule has 12 fully saturated rings. The van der Waals surface area contributed by atoms with Gasteiger partial charge in [-0.1, -0.05) is 0 Å². The van der Waals surface area contributed by atoms with Crippen LogP contribution in [0.4, 0.5) is 183 Å². The van der Waals surface area contributed by atoms with Crippen LogP contribution in [-0.2, 0) is 4.74 Å². The lowest BCUT2D eigenvalue weighted by molar-refractivity contribution is -0.936. The minimum atomic E-state index is 0. The Morgan fingerprint density at radius 1 is 0.167 bits per heavy atom. The third-order valence-corrected chi connectivity index (χ3v) is 23.9. The van der Waals surface area contributed by atoms with Crippen molar-refractivity contribution in [1.29, 1.82) is 0 Å². The third-order valence-electron chi connectivity index (χ3n) is 23.9. The molecule has 30 radical (unpaired) electrons. The molecule has 1 N–H and O–H groups in total. The Morgan fingerprint density at radius 2 is 0.303 bits per heavy atom. The molecule has 12 aliphatic rings. The van der Waals surface area contributed by atoms with Gasteiger partial charge < -0.3 is 50.4 Å². The number of likely N-dealkylation sites (tertiary alicyclic amines) is 6. The Hall–Kier alpha value is -2.59. The summed E-state index contributed by atoms with van der Waals surface area (Å²) in [5, 5.41) is 3.22. The number of piperidine rings is 2. The van der Waals surface area contributed by atoms with Crippen molar-refractivity contribution in [2.24, 2.45) is 0 Å². The molecule has 12 aliphatic heterocycles. The van der Waals surface area contributed by atoms with Crippen LogP contribution in [0.5, 0.6) is 0 Å². The molecule has 11 nitrogen and oxygen atoms in total. The van der Waals surface area contributed by atoms with E-state index in [-0.39, 0.29) is 84.1 Å². The van der Waals surface area contributed by atoms with Crippen molar-refractivity contribution in [3.63, 3.8) is 0 Å². The van der Waals surface area contributed by atoms with Gasteiger partial charge in [-0.3, -0.25) is 0 Å². The molecular weight excluding hydrogens is 1880 g/mol. The summed E-state index contributed by atoms with van der Waals surface area (Å²) in [4.78, 5) is 0. The number of quaternary nitrogens is 9. The Balaban J connectivity index is -0.0000000334. The van der Waals surface area contributed by atoms with Crippen LogP contribution < -0.4 is 5.32 Å². The monoisotopic (exact) mass is 2040 g/mol. The highest BCUT2D eigenvalue weighted by Crippen LogP contribution is 2.27. The molecule has 0 aromatic rings. The van der Waals surface area contributed by atoms with E-state index in [0.29, 0.717) is 0 Å². The second-order valence-corrected chi connectivity index (χ2v) is 31.1. The molecule has 0 bridgehead atoms. The van der Waals surface area contributed by atoms with Crippen molar-refractivity contribution >= 4 is 84.1 Å².